The molecule has 0 aliphatic rings. The summed E-state index contributed by atoms with van der Waals surface area (Å²) in [4.78, 5) is 12.0. The Morgan fingerprint density at radius 2 is 1.97 bits per heavy atom. The third-order valence-electron chi connectivity index (χ3n) is 4.31. The molecular formula is C22H19ClN4O2. The Balaban J connectivity index is 1.63. The summed E-state index contributed by atoms with van der Waals surface area (Å²) in [6.07, 6.45) is 1.59. The quantitative estimate of drug-likeness (QED) is 0.493. The number of amides is 1. The number of para-hydroxylation sites is 1. The molecule has 3 aromatic rings. The number of aromatic nitrogens is 1. The van der Waals surface area contributed by atoms with E-state index < -0.39 is 5.91 Å². The van der Waals surface area contributed by atoms with Gasteiger partial charge in [0.2, 0.25) is 0 Å². The molecule has 0 fully saturated rings. The number of ether oxygens (including phenoxy) is 1. The molecule has 0 saturated carbocycles. The zero-order valence-electron chi connectivity index (χ0n) is 16.0. The summed E-state index contributed by atoms with van der Waals surface area (Å²) in [6, 6.07) is 18.3. The van der Waals surface area contributed by atoms with Crippen LogP contribution in [-0.2, 0) is 4.79 Å². The van der Waals surface area contributed by atoms with Crippen LogP contribution < -0.4 is 10.2 Å². The predicted octanol–water partition coefficient (Wildman–Crippen LogP) is 4.15. The lowest BCUT2D eigenvalue weighted by Crippen LogP contribution is -2.24. The summed E-state index contributed by atoms with van der Waals surface area (Å²) in [7, 11) is 0. The van der Waals surface area contributed by atoms with Gasteiger partial charge in [-0.15, -0.1) is 0 Å². The van der Waals surface area contributed by atoms with E-state index in [1.165, 1.54) is 0 Å². The number of hydrazone groups is 1. The first-order valence-electron chi connectivity index (χ1n) is 8.88. The van der Waals surface area contributed by atoms with Crippen LogP contribution in [0.1, 0.15) is 22.5 Å². The molecule has 0 aliphatic heterocycles. The van der Waals surface area contributed by atoms with Crippen LogP contribution in [0.15, 0.2) is 59.7 Å². The standard InChI is InChI=1S/C22H19ClN4O2/c1-15-11-18(16(2)27(15)20-9-7-19(23)8-10-20)13-25-26-22(28)14-29-21-6-4-3-5-17(21)12-24/h3-11,13H,14H2,1-2H3,(H,26,28)/b25-13+. The Kier molecular flexibility index (Phi) is 6.32. The zero-order valence-corrected chi connectivity index (χ0v) is 16.8. The maximum Gasteiger partial charge on any atom is 0.277 e. The second kappa shape index (κ2) is 9.09. The molecule has 6 nitrogen and oxygen atoms in total. The summed E-state index contributed by atoms with van der Waals surface area (Å²) < 4.78 is 7.47. The lowest BCUT2D eigenvalue weighted by molar-refractivity contribution is -0.123. The number of halogens is 1. The van der Waals surface area contributed by atoms with Crippen molar-refractivity contribution in [2.75, 3.05) is 6.61 Å². The van der Waals surface area contributed by atoms with Gasteiger partial charge in [-0.25, -0.2) is 5.43 Å². The van der Waals surface area contributed by atoms with Crippen molar-refractivity contribution in [3.8, 4) is 17.5 Å². The van der Waals surface area contributed by atoms with E-state index in [1.54, 1.807) is 30.5 Å². The number of carbonyl (C=O) groups excluding carboxylic acids is 1. The highest BCUT2D eigenvalue weighted by molar-refractivity contribution is 6.30. The Morgan fingerprint density at radius 3 is 2.69 bits per heavy atom. The van der Waals surface area contributed by atoms with E-state index in [9.17, 15) is 4.79 Å². The van der Waals surface area contributed by atoms with E-state index in [2.05, 4.69) is 15.1 Å². The highest BCUT2D eigenvalue weighted by Crippen LogP contribution is 2.21. The van der Waals surface area contributed by atoms with Crippen molar-refractivity contribution in [1.29, 1.82) is 5.26 Å². The van der Waals surface area contributed by atoms with Crippen LogP contribution in [0.2, 0.25) is 5.02 Å². The van der Waals surface area contributed by atoms with Gasteiger partial charge in [-0.2, -0.15) is 10.4 Å². The van der Waals surface area contributed by atoms with E-state index in [-0.39, 0.29) is 6.61 Å². The number of aryl methyl sites for hydroxylation is 1. The largest absolute Gasteiger partial charge is 0.482 e. The third-order valence-corrected chi connectivity index (χ3v) is 4.57. The van der Waals surface area contributed by atoms with Crippen molar-refractivity contribution in [1.82, 2.24) is 9.99 Å². The van der Waals surface area contributed by atoms with Gasteiger partial charge in [0, 0.05) is 27.7 Å². The van der Waals surface area contributed by atoms with E-state index >= 15 is 0 Å². The first-order chi connectivity index (χ1) is 14.0. The molecular weight excluding hydrogens is 388 g/mol. The molecule has 1 amide bonds. The molecule has 7 heteroatoms. The van der Waals surface area contributed by atoms with Crippen LogP contribution in [0.3, 0.4) is 0 Å². The number of hydrogen-bond donors (Lipinski definition) is 1. The molecule has 0 unspecified atom stereocenters. The molecule has 1 heterocycles. The number of hydrogen-bond acceptors (Lipinski definition) is 4. The second-order valence-corrected chi connectivity index (χ2v) is 6.76. The van der Waals surface area contributed by atoms with Gasteiger partial charge in [-0.3, -0.25) is 4.79 Å². The van der Waals surface area contributed by atoms with E-state index in [4.69, 9.17) is 21.6 Å². The maximum absolute atomic E-state index is 12.0. The van der Waals surface area contributed by atoms with E-state index in [0.29, 0.717) is 16.3 Å². The minimum absolute atomic E-state index is 0.236. The third kappa shape index (κ3) is 4.84. The highest BCUT2D eigenvalue weighted by Gasteiger charge is 2.10. The lowest BCUT2D eigenvalue weighted by atomic mass is 10.2. The fourth-order valence-corrected chi connectivity index (χ4v) is 3.07. The lowest BCUT2D eigenvalue weighted by Gasteiger charge is -2.09. The van der Waals surface area contributed by atoms with Crippen LogP contribution in [0, 0.1) is 25.2 Å². The van der Waals surface area contributed by atoms with Crippen LogP contribution >= 0.6 is 11.6 Å². The number of nitrogens with zero attached hydrogens (tertiary/aromatic N) is 3. The van der Waals surface area contributed by atoms with Crippen molar-refractivity contribution in [3.63, 3.8) is 0 Å². The zero-order chi connectivity index (χ0) is 20.8. The molecule has 0 spiro atoms. The SMILES string of the molecule is Cc1cc(/C=N/NC(=O)COc2ccccc2C#N)c(C)n1-c1ccc(Cl)cc1. The van der Waals surface area contributed by atoms with Crippen LogP contribution in [0.4, 0.5) is 0 Å². The van der Waals surface area contributed by atoms with E-state index in [0.717, 1.165) is 22.6 Å². The van der Waals surface area contributed by atoms with Crippen molar-refractivity contribution in [2.24, 2.45) is 5.10 Å². The first-order valence-corrected chi connectivity index (χ1v) is 9.26. The molecule has 146 valence electrons. The van der Waals surface area contributed by atoms with Crippen molar-refractivity contribution >= 4 is 23.7 Å². The van der Waals surface area contributed by atoms with E-state index in [1.807, 2.05) is 50.2 Å². The van der Waals surface area contributed by atoms with Gasteiger partial charge in [-0.05, 0) is 56.3 Å². The van der Waals surface area contributed by atoms with Gasteiger partial charge in [0.1, 0.15) is 11.8 Å². The Morgan fingerprint density at radius 1 is 1.24 bits per heavy atom. The molecule has 0 saturated heterocycles. The molecule has 0 atom stereocenters. The number of nitrogens with one attached hydrogen (secondary N) is 1. The summed E-state index contributed by atoms with van der Waals surface area (Å²) in [6.45, 7) is 3.74. The summed E-state index contributed by atoms with van der Waals surface area (Å²) in [5.41, 5.74) is 6.72. The fourth-order valence-electron chi connectivity index (χ4n) is 2.94. The molecule has 0 bridgehead atoms. The average Bonchev–Trinajstić information content (AvgIpc) is 3.00. The maximum atomic E-state index is 12.0. The number of nitriles is 1. The van der Waals surface area contributed by atoms with Gasteiger partial charge in [-0.1, -0.05) is 23.7 Å². The van der Waals surface area contributed by atoms with Gasteiger partial charge < -0.3 is 9.30 Å². The molecule has 1 aromatic heterocycles. The Hall–Kier alpha value is -3.56. The van der Waals surface area contributed by atoms with Crippen LogP contribution in [0.25, 0.3) is 5.69 Å². The topological polar surface area (TPSA) is 79.4 Å². The second-order valence-electron chi connectivity index (χ2n) is 6.33. The number of benzene rings is 2. The predicted molar refractivity (Wildman–Crippen MR) is 113 cm³/mol. The molecule has 0 aliphatic carbocycles. The molecule has 29 heavy (non-hydrogen) atoms. The Labute approximate surface area is 174 Å². The van der Waals surface area contributed by atoms with Crippen LogP contribution in [-0.4, -0.2) is 23.3 Å². The van der Waals surface area contributed by atoms with Gasteiger partial charge >= 0.3 is 0 Å². The summed E-state index contributed by atoms with van der Waals surface area (Å²) >= 11 is 5.97. The van der Waals surface area contributed by atoms with Gasteiger partial charge in [0.15, 0.2) is 6.61 Å². The molecule has 2 aromatic carbocycles. The minimum Gasteiger partial charge on any atom is -0.482 e. The number of carbonyl (C=O) groups is 1. The van der Waals surface area contributed by atoms with Crippen molar-refractivity contribution in [3.05, 3.63) is 82.1 Å². The molecule has 3 rings (SSSR count). The van der Waals surface area contributed by atoms with Gasteiger partial charge in [0.05, 0.1) is 11.8 Å². The minimum atomic E-state index is -0.416. The fraction of sp³-hybridized carbons (Fsp3) is 0.136. The molecule has 1 N–H and O–H groups in total. The van der Waals surface area contributed by atoms with Crippen molar-refractivity contribution in [2.45, 2.75) is 13.8 Å². The smallest absolute Gasteiger partial charge is 0.277 e. The number of rotatable bonds is 6. The Bertz CT molecular complexity index is 1090. The van der Waals surface area contributed by atoms with Gasteiger partial charge in [0.25, 0.3) is 5.91 Å². The monoisotopic (exact) mass is 406 g/mol. The normalized spacial score (nSPS) is 10.7. The average molecular weight is 407 g/mol. The highest BCUT2D eigenvalue weighted by atomic mass is 35.5. The van der Waals surface area contributed by atoms with Crippen LogP contribution in [0.5, 0.6) is 5.75 Å². The summed E-state index contributed by atoms with van der Waals surface area (Å²) in [5.74, 6) is -0.0545. The first kappa shape index (κ1) is 20.2. The van der Waals surface area contributed by atoms with Crippen molar-refractivity contribution < 1.29 is 9.53 Å². The molecule has 0 radical (unpaired) electrons. The summed E-state index contributed by atoms with van der Waals surface area (Å²) in [5, 5.41) is 13.7.